The van der Waals surface area contributed by atoms with Crippen molar-refractivity contribution < 1.29 is 19.5 Å². The molecule has 3 saturated heterocycles. The Kier molecular flexibility index (Phi) is 8.58. The highest BCUT2D eigenvalue weighted by Gasteiger charge is 2.76. The average Bonchev–Trinajstić information content (AvgIpc) is 3.40. The van der Waals surface area contributed by atoms with Crippen molar-refractivity contribution in [2.75, 3.05) is 6.61 Å². The number of halogens is 1. The summed E-state index contributed by atoms with van der Waals surface area (Å²) in [4.78, 5) is 43.9. The lowest BCUT2D eigenvalue weighted by molar-refractivity contribution is -0.144. The summed E-state index contributed by atoms with van der Waals surface area (Å²) in [5.74, 6) is -1.77. The number of fused-ring (bicyclic) bond motifs is 1. The fourth-order valence-corrected chi connectivity index (χ4v) is 10.9. The van der Waals surface area contributed by atoms with Crippen LogP contribution in [-0.2, 0) is 20.9 Å². The van der Waals surface area contributed by atoms with Gasteiger partial charge in [-0.15, -0.1) is 11.8 Å². The summed E-state index contributed by atoms with van der Waals surface area (Å²) in [6.07, 6.45) is 1.38. The van der Waals surface area contributed by atoms with Gasteiger partial charge in [0.15, 0.2) is 0 Å². The third kappa shape index (κ3) is 5.78. The second kappa shape index (κ2) is 11.0. The number of carbonyl (C=O) groups excluding carboxylic acids is 3. The van der Waals surface area contributed by atoms with Crippen molar-refractivity contribution in [3.63, 3.8) is 0 Å². The van der Waals surface area contributed by atoms with Crippen LogP contribution >= 0.6 is 27.7 Å². The molecule has 3 heterocycles. The van der Waals surface area contributed by atoms with Crippen LogP contribution in [0.4, 0.5) is 0 Å². The molecule has 0 aromatic heterocycles. The van der Waals surface area contributed by atoms with E-state index in [1.54, 1.807) is 16.7 Å². The van der Waals surface area contributed by atoms with E-state index < -0.39 is 34.2 Å². The zero-order valence-corrected chi connectivity index (χ0v) is 26.6. The number of aliphatic hydroxyl groups excluding tert-OH is 1. The number of amides is 3. The molecule has 0 saturated carbocycles. The number of hydrogen-bond donors (Lipinski definition) is 3. The van der Waals surface area contributed by atoms with Crippen LogP contribution in [0.3, 0.4) is 0 Å². The third-order valence-corrected chi connectivity index (χ3v) is 11.6. The molecule has 1 aromatic carbocycles. The maximum atomic E-state index is 14.3. The van der Waals surface area contributed by atoms with Gasteiger partial charge in [0.05, 0.1) is 29.2 Å². The Morgan fingerprint density at radius 2 is 1.79 bits per heavy atom. The molecule has 4 rings (SSSR count). The zero-order valence-electron chi connectivity index (χ0n) is 24.2. The fraction of sp³-hybridized carbons (Fsp3) is 0.700. The standard InChI is InChI=1S/C30H44BrN3O4S/c1-17(2)20(15-35)34-24(26(37)33-29(6,7)16-28(3,4)5)30-13-19(31)23(39-30)21(22(30)27(34)38)25(36)32-14-18-11-9-8-10-12-18/h8-12,17,19-24,35H,13-16H2,1-7H3,(H,32,36)(H,33,37)/t19?,20-,21+,22-,23+,24?,30?/m0/s1. The van der Waals surface area contributed by atoms with Gasteiger partial charge in [0.25, 0.3) is 0 Å². The van der Waals surface area contributed by atoms with Crippen molar-refractivity contribution >= 4 is 45.4 Å². The van der Waals surface area contributed by atoms with Gasteiger partial charge in [-0.3, -0.25) is 14.4 Å². The third-order valence-electron chi connectivity index (χ3n) is 8.34. The minimum Gasteiger partial charge on any atom is -0.394 e. The highest BCUT2D eigenvalue weighted by atomic mass is 79.9. The highest BCUT2D eigenvalue weighted by Crippen LogP contribution is 2.68. The number of carbonyl (C=O) groups is 3. The number of nitrogens with zero attached hydrogens (tertiary/aromatic N) is 1. The van der Waals surface area contributed by atoms with Gasteiger partial charge in [-0.05, 0) is 43.6 Å². The van der Waals surface area contributed by atoms with Gasteiger partial charge in [-0.2, -0.15) is 0 Å². The van der Waals surface area contributed by atoms with E-state index in [0.29, 0.717) is 13.0 Å². The molecule has 1 spiro atoms. The summed E-state index contributed by atoms with van der Waals surface area (Å²) in [5.41, 5.74) is 0.495. The van der Waals surface area contributed by atoms with E-state index in [-0.39, 0.29) is 45.7 Å². The molecule has 3 fully saturated rings. The molecule has 7 atom stereocenters. The van der Waals surface area contributed by atoms with E-state index >= 15 is 0 Å². The Morgan fingerprint density at radius 1 is 1.15 bits per heavy atom. The zero-order chi connectivity index (χ0) is 28.9. The fourth-order valence-electron chi connectivity index (χ4n) is 7.32. The van der Waals surface area contributed by atoms with Crippen LogP contribution in [0.1, 0.15) is 66.9 Å². The van der Waals surface area contributed by atoms with E-state index in [9.17, 15) is 19.5 Å². The number of aliphatic hydroxyl groups is 1. The molecule has 2 bridgehead atoms. The molecule has 9 heteroatoms. The second-order valence-corrected chi connectivity index (χ2v) is 16.4. The van der Waals surface area contributed by atoms with Crippen LogP contribution < -0.4 is 10.6 Å². The Morgan fingerprint density at radius 3 is 2.36 bits per heavy atom. The van der Waals surface area contributed by atoms with Gasteiger partial charge < -0.3 is 20.6 Å². The van der Waals surface area contributed by atoms with Crippen molar-refractivity contribution in [2.24, 2.45) is 23.2 Å². The first-order chi connectivity index (χ1) is 18.1. The van der Waals surface area contributed by atoms with Crippen molar-refractivity contribution in [1.82, 2.24) is 15.5 Å². The Balaban J connectivity index is 1.69. The number of rotatable bonds is 9. The molecule has 3 amide bonds. The summed E-state index contributed by atoms with van der Waals surface area (Å²) in [6.45, 7) is 14.5. The van der Waals surface area contributed by atoms with Gasteiger partial charge >= 0.3 is 0 Å². The van der Waals surface area contributed by atoms with Gasteiger partial charge in [0.2, 0.25) is 17.7 Å². The highest BCUT2D eigenvalue weighted by molar-refractivity contribution is 9.09. The first-order valence-corrected chi connectivity index (χ1v) is 15.8. The van der Waals surface area contributed by atoms with Crippen LogP contribution in [0, 0.1) is 23.2 Å². The lowest BCUT2D eigenvalue weighted by Crippen LogP contribution is -2.61. The van der Waals surface area contributed by atoms with Gasteiger partial charge in [-0.1, -0.05) is 80.9 Å². The maximum Gasteiger partial charge on any atom is 0.244 e. The van der Waals surface area contributed by atoms with Crippen LogP contribution in [-0.4, -0.2) is 66.8 Å². The van der Waals surface area contributed by atoms with Gasteiger partial charge in [-0.25, -0.2) is 0 Å². The summed E-state index contributed by atoms with van der Waals surface area (Å²) in [7, 11) is 0. The van der Waals surface area contributed by atoms with E-state index in [4.69, 9.17) is 0 Å². The number of thioether (sulfide) groups is 1. The summed E-state index contributed by atoms with van der Waals surface area (Å²) in [5, 5.41) is 16.6. The summed E-state index contributed by atoms with van der Waals surface area (Å²) < 4.78 is -0.741. The van der Waals surface area contributed by atoms with Crippen molar-refractivity contribution in [2.45, 2.75) is 100 Å². The monoisotopic (exact) mass is 621 g/mol. The number of benzene rings is 1. The second-order valence-electron chi connectivity index (χ2n) is 13.7. The SMILES string of the molecule is CC(C)[C@H](CO)N1C(=O)[C@@H]2[C@@H](C(=O)NCc3ccccc3)[C@@H]3SC2(CC3Br)C1C(=O)NC(C)(C)CC(C)(C)C. The van der Waals surface area contributed by atoms with Crippen molar-refractivity contribution in [3.05, 3.63) is 35.9 Å². The van der Waals surface area contributed by atoms with E-state index in [0.717, 1.165) is 12.0 Å². The number of nitrogens with one attached hydrogen (secondary N) is 2. The molecule has 3 aliphatic rings. The number of alkyl halides is 1. The van der Waals surface area contributed by atoms with E-state index in [1.165, 1.54) is 0 Å². The van der Waals surface area contributed by atoms with E-state index in [2.05, 4.69) is 47.3 Å². The molecular weight excluding hydrogens is 578 g/mol. The Bertz CT molecular complexity index is 1090. The molecule has 39 heavy (non-hydrogen) atoms. The number of likely N-dealkylation sites (tertiary alicyclic amines) is 1. The minimum atomic E-state index is -0.768. The summed E-state index contributed by atoms with van der Waals surface area (Å²) in [6, 6.07) is 8.44. The molecule has 3 unspecified atom stereocenters. The predicted octanol–water partition coefficient (Wildman–Crippen LogP) is 4.12. The Labute approximate surface area is 245 Å². The van der Waals surface area contributed by atoms with Gasteiger partial charge in [0.1, 0.15) is 6.04 Å². The molecule has 3 aliphatic heterocycles. The molecule has 1 aromatic rings. The molecule has 216 valence electrons. The maximum absolute atomic E-state index is 14.3. The quantitative estimate of drug-likeness (QED) is 0.360. The van der Waals surface area contributed by atoms with Crippen LogP contribution in [0.15, 0.2) is 30.3 Å². The minimum absolute atomic E-state index is 0.00218. The van der Waals surface area contributed by atoms with Crippen molar-refractivity contribution in [3.8, 4) is 0 Å². The largest absolute Gasteiger partial charge is 0.394 e. The molecule has 0 radical (unpaired) electrons. The normalized spacial score (nSPS) is 31.0. The van der Waals surface area contributed by atoms with Crippen LogP contribution in [0.5, 0.6) is 0 Å². The van der Waals surface area contributed by atoms with Crippen molar-refractivity contribution in [1.29, 1.82) is 0 Å². The topological polar surface area (TPSA) is 98.7 Å². The average molecular weight is 623 g/mol. The molecule has 7 nitrogen and oxygen atoms in total. The summed E-state index contributed by atoms with van der Waals surface area (Å²) >= 11 is 5.45. The van der Waals surface area contributed by atoms with Crippen LogP contribution in [0.25, 0.3) is 0 Å². The smallest absolute Gasteiger partial charge is 0.244 e. The van der Waals surface area contributed by atoms with Gasteiger partial charge in [0, 0.05) is 22.2 Å². The van der Waals surface area contributed by atoms with E-state index in [1.807, 2.05) is 58.0 Å². The first kappa shape index (κ1) is 30.4. The Hall–Kier alpha value is -1.58. The lowest BCUT2D eigenvalue weighted by Gasteiger charge is -2.41. The lowest BCUT2D eigenvalue weighted by atomic mass is 9.70. The molecule has 0 aliphatic carbocycles. The molecular formula is C30H44BrN3O4S. The molecule has 3 N–H and O–H groups in total. The number of hydrogen-bond acceptors (Lipinski definition) is 5. The first-order valence-electron chi connectivity index (χ1n) is 14.0. The van der Waals surface area contributed by atoms with Crippen LogP contribution in [0.2, 0.25) is 0 Å². The predicted molar refractivity (Wildman–Crippen MR) is 159 cm³/mol.